The van der Waals surface area contributed by atoms with Gasteiger partial charge in [-0.3, -0.25) is 0 Å². The number of aromatic nitrogens is 3. The molecule has 0 saturated carbocycles. The number of nitrogens with one attached hydrogen (secondary N) is 1. The average molecular weight is 387 g/mol. The number of rotatable bonds is 6. The van der Waals surface area contributed by atoms with E-state index in [9.17, 15) is 0 Å². The highest BCUT2D eigenvalue weighted by atomic mass is 16.5. The quantitative estimate of drug-likeness (QED) is 0.450. The van der Waals surface area contributed by atoms with Crippen LogP contribution in [0.4, 0.5) is 0 Å². The fourth-order valence-corrected chi connectivity index (χ4v) is 3.21. The lowest BCUT2D eigenvalue weighted by Crippen LogP contribution is -2.09. The van der Waals surface area contributed by atoms with Gasteiger partial charge in [0.15, 0.2) is 5.65 Å². The minimum absolute atomic E-state index is 0.0373. The van der Waals surface area contributed by atoms with Gasteiger partial charge in [-0.2, -0.15) is 0 Å². The van der Waals surface area contributed by atoms with E-state index < -0.39 is 0 Å². The Morgan fingerprint density at radius 1 is 0.828 bits per heavy atom. The molecule has 29 heavy (non-hydrogen) atoms. The largest absolute Gasteiger partial charge is 0.491 e. The minimum Gasteiger partial charge on any atom is -0.491 e. The van der Waals surface area contributed by atoms with Gasteiger partial charge in [0, 0.05) is 17.8 Å². The summed E-state index contributed by atoms with van der Waals surface area (Å²) in [5.41, 5.74) is 4.62. The summed E-state index contributed by atoms with van der Waals surface area (Å²) in [6.45, 7) is 8.02. The maximum atomic E-state index is 6.05. The molecular formula is C24H25N3O2. The molecule has 4 rings (SSSR count). The molecule has 0 aliphatic rings. The zero-order valence-electron chi connectivity index (χ0n) is 17.1. The van der Waals surface area contributed by atoms with Crippen molar-refractivity contribution in [2.24, 2.45) is 0 Å². The Hall–Kier alpha value is -3.34. The molecule has 0 aliphatic carbocycles. The molecule has 0 spiro atoms. The number of H-pyrrole nitrogens is 1. The predicted molar refractivity (Wildman–Crippen MR) is 116 cm³/mol. The number of fused-ring (bicyclic) bond motifs is 1. The first kappa shape index (κ1) is 19.0. The molecule has 0 saturated heterocycles. The van der Waals surface area contributed by atoms with Gasteiger partial charge in [0.2, 0.25) is 0 Å². The van der Waals surface area contributed by atoms with Crippen LogP contribution in [0.3, 0.4) is 0 Å². The first-order chi connectivity index (χ1) is 14.0. The van der Waals surface area contributed by atoms with Gasteiger partial charge in [0.1, 0.15) is 17.3 Å². The molecule has 2 heterocycles. The molecule has 0 fully saturated rings. The fraction of sp³-hybridized carbons (Fsp3) is 0.250. The van der Waals surface area contributed by atoms with E-state index in [-0.39, 0.29) is 12.2 Å². The van der Waals surface area contributed by atoms with Crippen LogP contribution in [0.1, 0.15) is 27.7 Å². The number of nitrogens with zero attached hydrogens (tertiary/aromatic N) is 2. The summed E-state index contributed by atoms with van der Waals surface area (Å²) in [7, 11) is 0. The normalized spacial score (nSPS) is 11.4. The van der Waals surface area contributed by atoms with E-state index >= 15 is 0 Å². The molecule has 0 atom stereocenters. The van der Waals surface area contributed by atoms with Crippen molar-refractivity contribution in [1.29, 1.82) is 0 Å². The lowest BCUT2D eigenvalue weighted by atomic mass is 10.1. The first-order valence-corrected chi connectivity index (χ1v) is 9.88. The third-order valence-electron chi connectivity index (χ3n) is 4.39. The van der Waals surface area contributed by atoms with Crippen LogP contribution < -0.4 is 9.47 Å². The van der Waals surface area contributed by atoms with Crippen LogP contribution in [-0.2, 0) is 0 Å². The molecule has 5 heteroatoms. The number of hydrogen-bond acceptors (Lipinski definition) is 4. The Balaban J connectivity index is 1.75. The molecule has 0 aliphatic heterocycles. The Morgan fingerprint density at radius 2 is 1.59 bits per heavy atom. The Kier molecular flexibility index (Phi) is 5.21. The SMILES string of the molecule is CC(C)Oc1ccc(-c2nc3ncc(-c4ccccc4)cc3[nH]2)c(OC(C)C)c1. The summed E-state index contributed by atoms with van der Waals surface area (Å²) < 4.78 is 11.9. The highest BCUT2D eigenvalue weighted by Crippen LogP contribution is 2.34. The molecule has 1 N–H and O–H groups in total. The van der Waals surface area contributed by atoms with Crippen LogP contribution in [0.25, 0.3) is 33.7 Å². The van der Waals surface area contributed by atoms with E-state index in [2.05, 4.69) is 33.2 Å². The number of benzene rings is 2. The van der Waals surface area contributed by atoms with E-state index in [0.717, 1.165) is 39.5 Å². The lowest BCUT2D eigenvalue weighted by Gasteiger charge is -2.16. The second-order valence-corrected chi connectivity index (χ2v) is 7.54. The number of imidazole rings is 1. The van der Waals surface area contributed by atoms with Gasteiger partial charge in [-0.25, -0.2) is 9.97 Å². The van der Waals surface area contributed by atoms with E-state index in [1.807, 2.05) is 70.3 Å². The summed E-state index contributed by atoms with van der Waals surface area (Å²) in [6, 6.07) is 18.1. The highest BCUT2D eigenvalue weighted by Gasteiger charge is 2.15. The van der Waals surface area contributed by atoms with Crippen LogP contribution >= 0.6 is 0 Å². The van der Waals surface area contributed by atoms with E-state index in [1.165, 1.54) is 0 Å². The minimum atomic E-state index is 0.0373. The van der Waals surface area contributed by atoms with Crippen molar-refractivity contribution in [3.05, 3.63) is 60.8 Å². The van der Waals surface area contributed by atoms with Crippen molar-refractivity contribution in [2.75, 3.05) is 0 Å². The van der Waals surface area contributed by atoms with Crippen molar-refractivity contribution < 1.29 is 9.47 Å². The standard InChI is InChI=1S/C24H25N3O2/c1-15(2)28-19-10-11-20(22(13-19)29-16(3)4)23-26-21-12-18(14-25-24(21)27-23)17-8-6-5-7-9-17/h5-16H,1-4H3,(H,25,26,27). The Bertz CT molecular complexity index is 1120. The van der Waals surface area contributed by atoms with E-state index in [4.69, 9.17) is 9.47 Å². The van der Waals surface area contributed by atoms with Crippen molar-refractivity contribution in [3.63, 3.8) is 0 Å². The third kappa shape index (κ3) is 4.24. The second-order valence-electron chi connectivity index (χ2n) is 7.54. The zero-order valence-corrected chi connectivity index (χ0v) is 17.1. The summed E-state index contributed by atoms with van der Waals surface area (Å²) in [6.07, 6.45) is 1.99. The van der Waals surface area contributed by atoms with Crippen molar-refractivity contribution >= 4 is 11.2 Å². The number of hydrogen-bond donors (Lipinski definition) is 1. The van der Waals surface area contributed by atoms with E-state index in [0.29, 0.717) is 5.65 Å². The van der Waals surface area contributed by atoms with Gasteiger partial charge in [0.25, 0.3) is 0 Å². The van der Waals surface area contributed by atoms with Crippen LogP contribution in [-0.4, -0.2) is 27.2 Å². The van der Waals surface area contributed by atoms with Gasteiger partial charge in [0.05, 0.1) is 23.3 Å². The number of aromatic amines is 1. The monoisotopic (exact) mass is 387 g/mol. The fourth-order valence-electron chi connectivity index (χ4n) is 3.21. The van der Waals surface area contributed by atoms with Gasteiger partial charge < -0.3 is 14.5 Å². The van der Waals surface area contributed by atoms with Crippen LogP contribution in [0.15, 0.2) is 60.8 Å². The molecule has 0 radical (unpaired) electrons. The topological polar surface area (TPSA) is 60.0 Å². The van der Waals surface area contributed by atoms with Crippen LogP contribution in [0.2, 0.25) is 0 Å². The smallest absolute Gasteiger partial charge is 0.178 e. The molecule has 2 aromatic carbocycles. The Morgan fingerprint density at radius 3 is 2.31 bits per heavy atom. The molecule has 148 valence electrons. The first-order valence-electron chi connectivity index (χ1n) is 9.88. The molecule has 0 bridgehead atoms. The van der Waals surface area contributed by atoms with Gasteiger partial charge in [-0.15, -0.1) is 0 Å². The van der Waals surface area contributed by atoms with Crippen LogP contribution in [0.5, 0.6) is 11.5 Å². The Labute approximate surface area is 170 Å². The van der Waals surface area contributed by atoms with Gasteiger partial charge in [-0.05, 0) is 51.5 Å². The number of pyridine rings is 1. The summed E-state index contributed by atoms with van der Waals surface area (Å²) >= 11 is 0. The van der Waals surface area contributed by atoms with Crippen molar-refractivity contribution in [1.82, 2.24) is 15.0 Å². The molecule has 4 aromatic rings. The van der Waals surface area contributed by atoms with Gasteiger partial charge >= 0.3 is 0 Å². The maximum absolute atomic E-state index is 6.05. The lowest BCUT2D eigenvalue weighted by molar-refractivity contribution is 0.230. The molecule has 2 aromatic heterocycles. The number of ether oxygens (including phenoxy) is 2. The molecular weight excluding hydrogens is 362 g/mol. The predicted octanol–water partition coefficient (Wildman–Crippen LogP) is 5.87. The molecule has 5 nitrogen and oxygen atoms in total. The summed E-state index contributed by atoms with van der Waals surface area (Å²) in [5, 5.41) is 0. The van der Waals surface area contributed by atoms with Crippen LogP contribution in [0, 0.1) is 0 Å². The summed E-state index contributed by atoms with van der Waals surface area (Å²) in [5.74, 6) is 2.24. The van der Waals surface area contributed by atoms with Gasteiger partial charge in [-0.1, -0.05) is 30.3 Å². The van der Waals surface area contributed by atoms with Crippen molar-refractivity contribution in [2.45, 2.75) is 39.9 Å². The maximum Gasteiger partial charge on any atom is 0.178 e. The summed E-state index contributed by atoms with van der Waals surface area (Å²) in [4.78, 5) is 12.6. The average Bonchev–Trinajstić information content (AvgIpc) is 3.11. The van der Waals surface area contributed by atoms with E-state index in [1.54, 1.807) is 0 Å². The molecule has 0 unspecified atom stereocenters. The zero-order chi connectivity index (χ0) is 20.4. The highest BCUT2D eigenvalue weighted by molar-refractivity contribution is 5.82. The second kappa shape index (κ2) is 7.95. The van der Waals surface area contributed by atoms with Crippen molar-refractivity contribution in [3.8, 4) is 34.0 Å². The third-order valence-corrected chi connectivity index (χ3v) is 4.39. The molecule has 0 amide bonds.